The van der Waals surface area contributed by atoms with Crippen LogP contribution in [0, 0.1) is 22.7 Å². The minimum atomic E-state index is -1.09. The smallest absolute Gasteiger partial charge is 0.302 e. The fourth-order valence-electron chi connectivity index (χ4n) is 4.60. The van der Waals surface area contributed by atoms with E-state index in [1.807, 2.05) is 20.8 Å². The van der Waals surface area contributed by atoms with Gasteiger partial charge in [0.1, 0.15) is 18.7 Å². The molecule has 1 fully saturated rings. The van der Waals surface area contributed by atoms with Crippen LogP contribution in [0.2, 0.25) is 0 Å². The molecular weight excluding hydrogens is 284 g/mol. The molecule has 0 aromatic rings. The van der Waals surface area contributed by atoms with E-state index in [1.165, 1.54) is 6.92 Å². The molecule has 22 heavy (non-hydrogen) atoms. The number of ether oxygens (including phenoxy) is 1. The van der Waals surface area contributed by atoms with Crippen LogP contribution >= 0.6 is 0 Å². The lowest BCUT2D eigenvalue weighted by Crippen LogP contribution is -2.42. The van der Waals surface area contributed by atoms with Gasteiger partial charge < -0.3 is 14.6 Å². The van der Waals surface area contributed by atoms with Crippen molar-refractivity contribution in [3.63, 3.8) is 0 Å². The number of aldehydes is 2. The van der Waals surface area contributed by atoms with Crippen molar-refractivity contribution in [2.45, 2.75) is 53.2 Å². The molecule has 0 saturated heterocycles. The van der Waals surface area contributed by atoms with E-state index in [0.29, 0.717) is 17.6 Å². The molecule has 122 valence electrons. The average Bonchev–Trinajstić information content (AvgIpc) is 2.58. The summed E-state index contributed by atoms with van der Waals surface area (Å²) in [4.78, 5) is 35.0. The van der Waals surface area contributed by atoms with E-state index in [-0.39, 0.29) is 11.8 Å². The van der Waals surface area contributed by atoms with Crippen molar-refractivity contribution in [3.05, 3.63) is 11.1 Å². The van der Waals surface area contributed by atoms with Crippen LogP contribution in [0.25, 0.3) is 0 Å². The van der Waals surface area contributed by atoms with Crippen molar-refractivity contribution < 1.29 is 24.2 Å². The summed E-state index contributed by atoms with van der Waals surface area (Å²) in [5.74, 6) is -0.964. The molecule has 2 aliphatic carbocycles. The summed E-state index contributed by atoms with van der Waals surface area (Å²) in [6.45, 7) is 8.62. The Morgan fingerprint density at radius 2 is 1.91 bits per heavy atom. The van der Waals surface area contributed by atoms with Gasteiger partial charge in [-0.15, -0.1) is 0 Å². The van der Waals surface area contributed by atoms with E-state index in [0.717, 1.165) is 12.6 Å². The van der Waals surface area contributed by atoms with E-state index >= 15 is 0 Å². The summed E-state index contributed by atoms with van der Waals surface area (Å²) in [6.07, 6.45) is 0.639. The van der Waals surface area contributed by atoms with Crippen LogP contribution in [0.5, 0.6) is 0 Å². The monoisotopic (exact) mass is 308 g/mol. The summed E-state index contributed by atoms with van der Waals surface area (Å²) in [6, 6.07) is 0. The van der Waals surface area contributed by atoms with Crippen LogP contribution in [0.3, 0.4) is 0 Å². The highest BCUT2D eigenvalue weighted by molar-refractivity contribution is 5.82. The number of rotatable bonds is 3. The van der Waals surface area contributed by atoms with Crippen molar-refractivity contribution >= 4 is 18.5 Å². The van der Waals surface area contributed by atoms with Crippen LogP contribution < -0.4 is 0 Å². The second-order valence-corrected chi connectivity index (χ2v) is 7.38. The molecule has 0 spiro atoms. The Labute approximate surface area is 130 Å². The maximum Gasteiger partial charge on any atom is 0.302 e. The Hall–Kier alpha value is -1.49. The highest BCUT2D eigenvalue weighted by Gasteiger charge is 2.64. The van der Waals surface area contributed by atoms with Gasteiger partial charge >= 0.3 is 5.97 Å². The number of hydrogen-bond acceptors (Lipinski definition) is 5. The number of carbonyl (C=O) groups is 3. The zero-order valence-electron chi connectivity index (χ0n) is 13.8. The normalized spacial score (nSPS) is 40.1. The van der Waals surface area contributed by atoms with Crippen LogP contribution in [0.1, 0.15) is 41.0 Å². The van der Waals surface area contributed by atoms with Crippen molar-refractivity contribution in [3.8, 4) is 0 Å². The van der Waals surface area contributed by atoms with E-state index < -0.39 is 29.0 Å². The maximum atomic E-state index is 11.9. The zero-order chi connectivity index (χ0) is 16.9. The first-order chi connectivity index (χ1) is 10.1. The second-order valence-electron chi connectivity index (χ2n) is 7.38. The quantitative estimate of drug-likeness (QED) is 0.633. The molecule has 1 N–H and O–H groups in total. The third-order valence-electron chi connectivity index (χ3n) is 5.39. The number of fused-ring (bicyclic) bond motifs is 1. The number of aliphatic hydroxyl groups is 1. The zero-order valence-corrected chi connectivity index (χ0v) is 13.8. The molecule has 0 amide bonds. The average molecular weight is 308 g/mol. The number of hydrogen-bond donors (Lipinski definition) is 1. The Bertz CT molecular complexity index is 547. The van der Waals surface area contributed by atoms with E-state index in [1.54, 1.807) is 6.92 Å². The summed E-state index contributed by atoms with van der Waals surface area (Å²) in [7, 11) is 0. The van der Waals surface area contributed by atoms with Crippen molar-refractivity contribution in [2.75, 3.05) is 0 Å². The van der Waals surface area contributed by atoms with Crippen LogP contribution in [0.4, 0.5) is 0 Å². The third-order valence-corrected chi connectivity index (χ3v) is 5.39. The number of carbonyl (C=O) groups excluding carboxylic acids is 3. The minimum absolute atomic E-state index is 0.120. The number of esters is 1. The van der Waals surface area contributed by atoms with Crippen molar-refractivity contribution in [1.29, 1.82) is 0 Å². The van der Waals surface area contributed by atoms with Crippen LogP contribution in [-0.2, 0) is 19.1 Å². The maximum absolute atomic E-state index is 11.9. The molecule has 0 aromatic carbocycles. The molecule has 5 nitrogen and oxygen atoms in total. The minimum Gasteiger partial charge on any atom is -0.461 e. The Morgan fingerprint density at radius 1 is 1.32 bits per heavy atom. The van der Waals surface area contributed by atoms with Gasteiger partial charge in [0, 0.05) is 18.3 Å². The third kappa shape index (κ3) is 2.14. The largest absolute Gasteiger partial charge is 0.461 e. The summed E-state index contributed by atoms with van der Waals surface area (Å²) < 4.78 is 5.47. The topological polar surface area (TPSA) is 80.7 Å². The van der Waals surface area contributed by atoms with Gasteiger partial charge in [0.2, 0.25) is 0 Å². The van der Waals surface area contributed by atoms with Gasteiger partial charge in [0.25, 0.3) is 0 Å². The standard InChI is InChI=1S/C17H24O5/c1-9-6-12(21)14-13(11(9)7-18)17(5,8-19)15(16(14,3)4)22-10(2)20/h7-9,12,14-15,21H,6H2,1-5H3/t9-,12+,14-,15-,17-/m1/s1. The molecule has 0 bridgehead atoms. The van der Waals surface area contributed by atoms with Gasteiger partial charge in [-0.1, -0.05) is 20.8 Å². The molecule has 0 aromatic heterocycles. The molecular formula is C17H24O5. The Morgan fingerprint density at radius 3 is 2.36 bits per heavy atom. The van der Waals surface area contributed by atoms with Gasteiger partial charge in [-0.25, -0.2) is 0 Å². The molecule has 2 rings (SSSR count). The lowest BCUT2D eigenvalue weighted by atomic mass is 9.68. The predicted molar refractivity (Wildman–Crippen MR) is 79.9 cm³/mol. The highest BCUT2D eigenvalue weighted by Crippen LogP contribution is 2.61. The van der Waals surface area contributed by atoms with Crippen LogP contribution in [0.15, 0.2) is 11.1 Å². The van der Waals surface area contributed by atoms with E-state index in [2.05, 4.69) is 0 Å². The molecule has 0 aliphatic heterocycles. The molecule has 0 unspecified atom stereocenters. The second kappa shape index (κ2) is 5.30. The summed E-state index contributed by atoms with van der Waals surface area (Å²) >= 11 is 0. The number of aliphatic hydroxyl groups excluding tert-OH is 1. The summed E-state index contributed by atoms with van der Waals surface area (Å²) in [5.41, 5.74) is -0.524. The first-order valence-corrected chi connectivity index (χ1v) is 7.62. The molecule has 1 saturated carbocycles. The van der Waals surface area contributed by atoms with Gasteiger partial charge in [-0.05, 0) is 30.4 Å². The van der Waals surface area contributed by atoms with E-state index in [9.17, 15) is 19.5 Å². The predicted octanol–water partition coefficient (Wildman–Crippen LogP) is 1.68. The number of allylic oxidation sites excluding steroid dienone is 1. The lowest BCUT2D eigenvalue weighted by molar-refractivity contribution is -0.160. The van der Waals surface area contributed by atoms with Crippen molar-refractivity contribution in [1.82, 2.24) is 0 Å². The molecule has 0 heterocycles. The Balaban J connectivity index is 2.74. The fraction of sp³-hybridized carbons (Fsp3) is 0.706. The fourth-order valence-corrected chi connectivity index (χ4v) is 4.60. The van der Waals surface area contributed by atoms with Gasteiger partial charge in [0.05, 0.1) is 11.5 Å². The SMILES string of the molecule is CC(=O)O[C@@H]1C(C)(C)[C@H]2C(=C(C=O)[C@H](C)C[C@@H]2O)[C@@]1(C)C=O. The van der Waals surface area contributed by atoms with E-state index in [4.69, 9.17) is 4.74 Å². The van der Waals surface area contributed by atoms with Crippen molar-refractivity contribution in [2.24, 2.45) is 22.7 Å². The molecule has 0 radical (unpaired) electrons. The first-order valence-electron chi connectivity index (χ1n) is 7.62. The lowest BCUT2D eigenvalue weighted by Gasteiger charge is -2.38. The molecule has 5 atom stereocenters. The molecule has 5 heteroatoms. The Kier molecular flexibility index (Phi) is 4.07. The molecule has 2 aliphatic rings. The van der Waals surface area contributed by atoms with Gasteiger partial charge in [0.15, 0.2) is 0 Å². The van der Waals surface area contributed by atoms with Gasteiger partial charge in [-0.3, -0.25) is 9.59 Å². The first kappa shape index (κ1) is 16.9. The van der Waals surface area contributed by atoms with Crippen LogP contribution in [-0.4, -0.2) is 35.9 Å². The highest BCUT2D eigenvalue weighted by atomic mass is 16.5. The summed E-state index contributed by atoms with van der Waals surface area (Å²) in [5, 5.41) is 10.6. The van der Waals surface area contributed by atoms with Gasteiger partial charge in [-0.2, -0.15) is 0 Å².